The van der Waals surface area contributed by atoms with Gasteiger partial charge in [-0.25, -0.2) is 4.79 Å². The second kappa shape index (κ2) is 7.38. The van der Waals surface area contributed by atoms with Crippen LogP contribution in [0.15, 0.2) is 17.5 Å². The normalized spacial score (nSPS) is 14.5. The number of carbonyl (C=O) groups excluding carboxylic acids is 1. The monoisotopic (exact) mass is 309 g/mol. The molecule has 1 aromatic heterocycles. The first kappa shape index (κ1) is 15.7. The van der Waals surface area contributed by atoms with Crippen molar-refractivity contribution >= 4 is 29.3 Å². The number of carboxylic acid groups (broad SMARTS) is 1. The van der Waals surface area contributed by atoms with E-state index in [-0.39, 0.29) is 5.91 Å². The Bertz CT molecular complexity index is 534. The van der Waals surface area contributed by atoms with Gasteiger partial charge in [-0.05, 0) is 41.8 Å². The molecule has 0 unspecified atom stereocenters. The Balaban J connectivity index is 1.85. The summed E-state index contributed by atoms with van der Waals surface area (Å²) in [5.74, 6) is -0.414. The molecule has 1 saturated carbocycles. The molecule has 6 heteroatoms. The lowest BCUT2D eigenvalue weighted by molar-refractivity contribution is -0.131. The first-order valence-electron chi connectivity index (χ1n) is 6.89. The van der Waals surface area contributed by atoms with E-state index in [4.69, 9.17) is 9.84 Å². The maximum absolute atomic E-state index is 12.3. The van der Waals surface area contributed by atoms with Crippen molar-refractivity contribution in [1.82, 2.24) is 4.90 Å². The first-order chi connectivity index (χ1) is 10.1. The highest BCUT2D eigenvalue weighted by molar-refractivity contribution is 7.12. The summed E-state index contributed by atoms with van der Waals surface area (Å²) in [7, 11) is 1.73. The van der Waals surface area contributed by atoms with Gasteiger partial charge >= 0.3 is 5.97 Å². The van der Waals surface area contributed by atoms with Crippen LogP contribution in [0.4, 0.5) is 0 Å². The number of nitrogens with zero attached hydrogens (tertiary/aromatic N) is 1. The smallest absolute Gasteiger partial charge is 0.328 e. The van der Waals surface area contributed by atoms with Gasteiger partial charge in [-0.15, -0.1) is 11.3 Å². The van der Waals surface area contributed by atoms with Gasteiger partial charge in [0.2, 0.25) is 0 Å². The lowest BCUT2D eigenvalue weighted by Crippen LogP contribution is -2.30. The summed E-state index contributed by atoms with van der Waals surface area (Å²) >= 11 is 1.32. The molecular weight excluding hydrogens is 290 g/mol. The summed E-state index contributed by atoms with van der Waals surface area (Å²) in [5, 5.41) is 10.4. The first-order valence-corrected chi connectivity index (χ1v) is 7.77. The molecular formula is C15H19NO4S. The Hall–Kier alpha value is -1.66. The fourth-order valence-electron chi connectivity index (χ4n) is 1.80. The van der Waals surface area contributed by atoms with E-state index in [2.05, 4.69) is 0 Å². The fourth-order valence-corrected chi connectivity index (χ4v) is 2.68. The molecule has 0 saturated heterocycles. The van der Waals surface area contributed by atoms with Crippen LogP contribution >= 0.6 is 11.3 Å². The van der Waals surface area contributed by atoms with E-state index >= 15 is 0 Å². The number of amides is 1. The predicted octanol–water partition coefficient (Wildman–Crippen LogP) is 2.34. The second-order valence-corrected chi connectivity index (χ2v) is 6.04. The van der Waals surface area contributed by atoms with Crippen LogP contribution in [0, 0.1) is 5.92 Å². The van der Waals surface area contributed by atoms with Crippen LogP contribution < -0.4 is 0 Å². The van der Waals surface area contributed by atoms with Gasteiger partial charge in [-0.1, -0.05) is 0 Å². The molecule has 1 fully saturated rings. The Morgan fingerprint density at radius 1 is 1.52 bits per heavy atom. The lowest BCUT2D eigenvalue weighted by atomic mass is 10.2. The van der Waals surface area contributed by atoms with Crippen molar-refractivity contribution in [2.24, 2.45) is 5.92 Å². The van der Waals surface area contributed by atoms with Crippen LogP contribution in [0.2, 0.25) is 0 Å². The maximum Gasteiger partial charge on any atom is 0.328 e. The Labute approximate surface area is 127 Å². The topological polar surface area (TPSA) is 66.8 Å². The molecule has 1 N–H and O–H groups in total. The fraction of sp³-hybridized carbons (Fsp3) is 0.467. The van der Waals surface area contributed by atoms with E-state index in [0.29, 0.717) is 23.6 Å². The van der Waals surface area contributed by atoms with Gasteiger partial charge in [0, 0.05) is 26.3 Å². The molecule has 2 rings (SSSR count). The third-order valence-electron chi connectivity index (χ3n) is 3.26. The molecule has 1 aliphatic carbocycles. The van der Waals surface area contributed by atoms with Crippen molar-refractivity contribution in [3.8, 4) is 0 Å². The zero-order chi connectivity index (χ0) is 15.2. The average Bonchev–Trinajstić information content (AvgIpc) is 3.16. The molecule has 1 amide bonds. The number of likely N-dealkylation sites (N-methyl/N-ethyl adjacent to an activating group) is 1. The van der Waals surface area contributed by atoms with Gasteiger partial charge in [0.15, 0.2) is 0 Å². The zero-order valence-corrected chi connectivity index (χ0v) is 12.8. The largest absolute Gasteiger partial charge is 0.478 e. The zero-order valence-electron chi connectivity index (χ0n) is 11.9. The molecule has 0 spiro atoms. The van der Waals surface area contributed by atoms with Gasteiger partial charge in [0.05, 0.1) is 11.5 Å². The van der Waals surface area contributed by atoms with Crippen molar-refractivity contribution < 1.29 is 19.4 Å². The Kier molecular flexibility index (Phi) is 5.52. The quantitative estimate of drug-likeness (QED) is 0.591. The predicted molar refractivity (Wildman–Crippen MR) is 81.5 cm³/mol. The summed E-state index contributed by atoms with van der Waals surface area (Å²) < 4.78 is 5.52. The van der Waals surface area contributed by atoms with Gasteiger partial charge in [-0.3, -0.25) is 4.79 Å². The van der Waals surface area contributed by atoms with Crippen LogP contribution in [-0.2, 0) is 9.53 Å². The summed E-state index contributed by atoms with van der Waals surface area (Å²) in [6.07, 6.45) is 4.99. The van der Waals surface area contributed by atoms with Gasteiger partial charge in [0.1, 0.15) is 0 Å². The molecule has 0 bridgehead atoms. The van der Waals surface area contributed by atoms with Crippen molar-refractivity contribution in [3.05, 3.63) is 28.0 Å². The molecule has 0 atom stereocenters. The molecule has 0 radical (unpaired) electrons. The van der Waals surface area contributed by atoms with Crippen LogP contribution in [0.1, 0.15) is 28.1 Å². The Morgan fingerprint density at radius 3 is 2.95 bits per heavy atom. The Morgan fingerprint density at radius 2 is 2.29 bits per heavy atom. The highest BCUT2D eigenvalue weighted by atomic mass is 32.1. The minimum Gasteiger partial charge on any atom is -0.478 e. The molecule has 1 aliphatic rings. The molecule has 114 valence electrons. The standard InChI is InChI=1S/C15H19NO4S/c1-16(7-8-20-10-11-2-3-11)15(19)14-12(6-9-21-14)4-5-13(17)18/h4-6,9,11H,2-3,7-8,10H2,1H3,(H,17,18)/b5-4+. The van der Waals surface area contributed by atoms with Crippen molar-refractivity contribution in [2.75, 3.05) is 26.8 Å². The number of thiophene rings is 1. The summed E-state index contributed by atoms with van der Waals surface area (Å²) in [5.41, 5.74) is 0.637. The summed E-state index contributed by atoms with van der Waals surface area (Å²) in [4.78, 5) is 25.0. The number of hydrogen-bond donors (Lipinski definition) is 1. The number of carboxylic acids is 1. The average molecular weight is 309 g/mol. The number of carbonyl (C=O) groups is 2. The van der Waals surface area contributed by atoms with E-state index in [1.807, 2.05) is 0 Å². The third-order valence-corrected chi connectivity index (χ3v) is 4.18. The minimum absolute atomic E-state index is 0.106. The SMILES string of the molecule is CN(CCOCC1CC1)C(=O)c1sccc1/C=C/C(=O)O. The maximum atomic E-state index is 12.3. The van der Waals surface area contributed by atoms with E-state index in [1.54, 1.807) is 23.4 Å². The van der Waals surface area contributed by atoms with Crippen LogP contribution in [0.5, 0.6) is 0 Å². The summed E-state index contributed by atoms with van der Waals surface area (Å²) in [6, 6.07) is 1.74. The van der Waals surface area contributed by atoms with Gasteiger partial charge < -0.3 is 14.7 Å². The van der Waals surface area contributed by atoms with E-state index in [0.717, 1.165) is 18.6 Å². The third kappa shape index (κ3) is 4.99. The summed E-state index contributed by atoms with van der Waals surface area (Å²) in [6.45, 7) is 1.85. The lowest BCUT2D eigenvalue weighted by Gasteiger charge is -2.16. The van der Waals surface area contributed by atoms with Crippen LogP contribution in [-0.4, -0.2) is 48.7 Å². The molecule has 5 nitrogen and oxygen atoms in total. The van der Waals surface area contributed by atoms with Crippen LogP contribution in [0.25, 0.3) is 6.08 Å². The second-order valence-electron chi connectivity index (χ2n) is 5.12. The molecule has 0 aliphatic heterocycles. The highest BCUT2D eigenvalue weighted by Crippen LogP contribution is 2.28. The number of ether oxygens (including phenoxy) is 1. The van der Waals surface area contributed by atoms with Crippen molar-refractivity contribution in [3.63, 3.8) is 0 Å². The van der Waals surface area contributed by atoms with Crippen molar-refractivity contribution in [2.45, 2.75) is 12.8 Å². The van der Waals surface area contributed by atoms with Gasteiger partial charge in [0.25, 0.3) is 5.91 Å². The molecule has 1 heterocycles. The number of hydrogen-bond acceptors (Lipinski definition) is 4. The van der Waals surface area contributed by atoms with Crippen LogP contribution in [0.3, 0.4) is 0 Å². The molecule has 0 aromatic carbocycles. The van der Waals surface area contributed by atoms with E-state index < -0.39 is 5.97 Å². The van der Waals surface area contributed by atoms with E-state index in [1.165, 1.54) is 30.3 Å². The number of rotatable bonds is 8. The molecule has 1 aromatic rings. The van der Waals surface area contributed by atoms with Crippen molar-refractivity contribution in [1.29, 1.82) is 0 Å². The van der Waals surface area contributed by atoms with E-state index in [9.17, 15) is 9.59 Å². The number of aliphatic carboxylic acids is 1. The minimum atomic E-state index is -1.03. The molecule has 21 heavy (non-hydrogen) atoms. The van der Waals surface area contributed by atoms with Gasteiger partial charge in [-0.2, -0.15) is 0 Å². The highest BCUT2D eigenvalue weighted by Gasteiger charge is 2.21.